The summed E-state index contributed by atoms with van der Waals surface area (Å²) in [5.41, 5.74) is 5.47. The lowest BCUT2D eigenvalue weighted by atomic mass is 10.1. The van der Waals surface area contributed by atoms with E-state index in [1.807, 2.05) is 0 Å². The van der Waals surface area contributed by atoms with E-state index in [9.17, 15) is 17.6 Å². The average Bonchev–Trinajstić information content (AvgIpc) is 2.80. The van der Waals surface area contributed by atoms with Crippen molar-refractivity contribution in [1.82, 2.24) is 14.6 Å². The molecule has 0 aliphatic heterocycles. The van der Waals surface area contributed by atoms with E-state index in [1.54, 1.807) is 0 Å². The van der Waals surface area contributed by atoms with Gasteiger partial charge in [0.1, 0.15) is 5.82 Å². The minimum absolute atomic E-state index is 0.0710. The molecule has 1 aromatic carbocycles. The van der Waals surface area contributed by atoms with E-state index in [-0.39, 0.29) is 17.2 Å². The fourth-order valence-electron chi connectivity index (χ4n) is 1.98. The van der Waals surface area contributed by atoms with Crippen molar-refractivity contribution in [1.29, 1.82) is 0 Å². The molecule has 2 heterocycles. The SMILES string of the molecule is Nc1cc(F)ccc1-c1nnc2ccc(C(F)(F)F)cn12. The second-order valence-electron chi connectivity index (χ2n) is 4.40. The molecule has 3 rings (SSSR count). The number of halogens is 4. The zero-order valence-corrected chi connectivity index (χ0v) is 10.4. The molecule has 0 spiro atoms. The molecule has 0 aliphatic rings. The van der Waals surface area contributed by atoms with Crippen LogP contribution in [-0.4, -0.2) is 14.6 Å². The molecule has 108 valence electrons. The Labute approximate surface area is 115 Å². The van der Waals surface area contributed by atoms with Crippen LogP contribution in [-0.2, 0) is 6.18 Å². The summed E-state index contributed by atoms with van der Waals surface area (Å²) in [5.74, 6) is -0.422. The van der Waals surface area contributed by atoms with E-state index >= 15 is 0 Å². The number of hydrogen-bond donors (Lipinski definition) is 1. The summed E-state index contributed by atoms with van der Waals surface area (Å²) in [6.07, 6.45) is -3.60. The highest BCUT2D eigenvalue weighted by Gasteiger charge is 2.31. The van der Waals surface area contributed by atoms with Crippen LogP contribution in [0.25, 0.3) is 17.0 Å². The maximum atomic E-state index is 13.1. The monoisotopic (exact) mass is 296 g/mol. The zero-order chi connectivity index (χ0) is 15.2. The van der Waals surface area contributed by atoms with Crippen molar-refractivity contribution in [3.8, 4) is 11.4 Å². The Morgan fingerprint density at radius 3 is 2.48 bits per heavy atom. The molecular weight excluding hydrogens is 288 g/mol. The molecule has 2 N–H and O–H groups in total. The second-order valence-corrected chi connectivity index (χ2v) is 4.40. The lowest BCUT2D eigenvalue weighted by Crippen LogP contribution is -2.06. The first-order valence-corrected chi connectivity index (χ1v) is 5.83. The van der Waals surface area contributed by atoms with Gasteiger partial charge in [0.25, 0.3) is 0 Å². The largest absolute Gasteiger partial charge is 0.417 e. The topological polar surface area (TPSA) is 56.2 Å². The van der Waals surface area contributed by atoms with Crippen LogP contribution in [0.3, 0.4) is 0 Å². The Hall–Kier alpha value is -2.64. The Morgan fingerprint density at radius 2 is 1.81 bits per heavy atom. The lowest BCUT2D eigenvalue weighted by Gasteiger charge is -2.08. The normalized spacial score (nSPS) is 12.0. The number of hydrogen-bond acceptors (Lipinski definition) is 3. The van der Waals surface area contributed by atoms with Crippen LogP contribution in [0.4, 0.5) is 23.2 Å². The molecule has 0 saturated heterocycles. The fourth-order valence-corrected chi connectivity index (χ4v) is 1.98. The van der Waals surface area contributed by atoms with Crippen molar-refractivity contribution >= 4 is 11.3 Å². The summed E-state index contributed by atoms with van der Waals surface area (Å²) in [7, 11) is 0. The van der Waals surface area contributed by atoms with Gasteiger partial charge in [0.2, 0.25) is 0 Å². The molecule has 8 heteroatoms. The number of nitrogens with zero attached hydrogens (tertiary/aromatic N) is 3. The van der Waals surface area contributed by atoms with Crippen molar-refractivity contribution in [2.24, 2.45) is 0 Å². The number of benzene rings is 1. The van der Waals surface area contributed by atoms with Crippen molar-refractivity contribution in [3.63, 3.8) is 0 Å². The molecule has 0 fully saturated rings. The number of aromatic nitrogens is 3. The van der Waals surface area contributed by atoms with Crippen LogP contribution in [0.15, 0.2) is 36.5 Å². The maximum Gasteiger partial charge on any atom is 0.417 e. The Balaban J connectivity index is 2.23. The summed E-state index contributed by atoms with van der Waals surface area (Å²) < 4.78 is 52.5. The number of pyridine rings is 1. The predicted octanol–water partition coefficient (Wildman–Crippen LogP) is 3.14. The fraction of sp³-hybridized carbons (Fsp3) is 0.0769. The Kier molecular flexibility index (Phi) is 2.82. The van der Waals surface area contributed by atoms with Crippen molar-refractivity contribution in [2.45, 2.75) is 6.18 Å². The van der Waals surface area contributed by atoms with Gasteiger partial charge in [-0.05, 0) is 30.3 Å². The van der Waals surface area contributed by atoms with Crippen LogP contribution in [0.2, 0.25) is 0 Å². The van der Waals surface area contributed by atoms with Crippen LogP contribution >= 0.6 is 0 Å². The second kappa shape index (κ2) is 4.44. The molecule has 21 heavy (non-hydrogen) atoms. The molecule has 0 bridgehead atoms. The van der Waals surface area contributed by atoms with Crippen molar-refractivity contribution in [3.05, 3.63) is 47.9 Å². The van der Waals surface area contributed by atoms with E-state index < -0.39 is 17.6 Å². The predicted molar refractivity (Wildman–Crippen MR) is 67.8 cm³/mol. The molecular formula is C13H8F4N4. The van der Waals surface area contributed by atoms with Gasteiger partial charge in [0.15, 0.2) is 11.5 Å². The van der Waals surface area contributed by atoms with E-state index in [4.69, 9.17) is 5.73 Å². The van der Waals surface area contributed by atoms with Gasteiger partial charge < -0.3 is 5.73 Å². The van der Waals surface area contributed by atoms with Crippen LogP contribution < -0.4 is 5.73 Å². The Morgan fingerprint density at radius 1 is 1.05 bits per heavy atom. The molecule has 0 radical (unpaired) electrons. The van der Waals surface area contributed by atoms with E-state index in [0.29, 0.717) is 5.56 Å². The number of anilines is 1. The molecule has 2 aromatic heterocycles. The minimum atomic E-state index is -4.48. The average molecular weight is 296 g/mol. The summed E-state index contributed by atoms with van der Waals surface area (Å²) >= 11 is 0. The molecule has 0 saturated carbocycles. The molecule has 3 aromatic rings. The molecule has 0 unspecified atom stereocenters. The van der Waals surface area contributed by atoms with Gasteiger partial charge in [0, 0.05) is 17.4 Å². The van der Waals surface area contributed by atoms with Crippen molar-refractivity contribution < 1.29 is 17.6 Å². The summed E-state index contributed by atoms with van der Waals surface area (Å²) in [6.45, 7) is 0. The summed E-state index contributed by atoms with van der Waals surface area (Å²) in [5, 5.41) is 7.60. The first-order valence-electron chi connectivity index (χ1n) is 5.83. The summed E-state index contributed by atoms with van der Waals surface area (Å²) in [4.78, 5) is 0. The van der Waals surface area contributed by atoms with Gasteiger partial charge in [-0.3, -0.25) is 4.40 Å². The number of rotatable bonds is 1. The van der Waals surface area contributed by atoms with Gasteiger partial charge in [-0.25, -0.2) is 4.39 Å². The van der Waals surface area contributed by atoms with Crippen LogP contribution in [0, 0.1) is 5.82 Å². The first-order chi connectivity index (χ1) is 9.86. The quantitative estimate of drug-likeness (QED) is 0.554. The van der Waals surface area contributed by atoms with E-state index in [1.165, 1.54) is 16.5 Å². The highest BCUT2D eigenvalue weighted by atomic mass is 19.4. The number of fused-ring (bicyclic) bond motifs is 1. The Bertz CT molecular complexity index is 823. The standard InChI is InChI=1S/C13H8F4N4/c14-8-2-3-9(10(18)5-8)12-20-19-11-4-1-7(6-21(11)12)13(15,16)17/h1-6H,18H2. The van der Waals surface area contributed by atoms with Gasteiger partial charge in [0.05, 0.1) is 5.56 Å². The minimum Gasteiger partial charge on any atom is -0.398 e. The van der Waals surface area contributed by atoms with Crippen LogP contribution in [0.5, 0.6) is 0 Å². The third-order valence-electron chi connectivity index (χ3n) is 2.98. The number of nitrogen functional groups attached to an aromatic ring is 1. The lowest BCUT2D eigenvalue weighted by molar-refractivity contribution is -0.137. The zero-order valence-electron chi connectivity index (χ0n) is 10.4. The van der Waals surface area contributed by atoms with E-state index in [2.05, 4.69) is 10.2 Å². The number of alkyl halides is 3. The maximum absolute atomic E-state index is 13.1. The molecule has 4 nitrogen and oxygen atoms in total. The third kappa shape index (κ3) is 2.28. The molecule has 0 amide bonds. The van der Waals surface area contributed by atoms with Gasteiger partial charge >= 0.3 is 6.18 Å². The number of nitrogens with two attached hydrogens (primary N) is 1. The smallest absolute Gasteiger partial charge is 0.398 e. The summed E-state index contributed by atoms with van der Waals surface area (Å²) in [6, 6.07) is 5.70. The van der Waals surface area contributed by atoms with Crippen LogP contribution in [0.1, 0.15) is 5.56 Å². The third-order valence-corrected chi connectivity index (χ3v) is 2.98. The van der Waals surface area contributed by atoms with Crippen molar-refractivity contribution in [2.75, 3.05) is 5.73 Å². The first kappa shape index (κ1) is 13.3. The van der Waals surface area contributed by atoms with Gasteiger partial charge in [-0.15, -0.1) is 10.2 Å². The highest BCUT2D eigenvalue weighted by molar-refractivity contribution is 5.73. The molecule has 0 atom stereocenters. The molecule has 0 aliphatic carbocycles. The van der Waals surface area contributed by atoms with Gasteiger partial charge in [-0.2, -0.15) is 13.2 Å². The van der Waals surface area contributed by atoms with Gasteiger partial charge in [-0.1, -0.05) is 0 Å². The highest BCUT2D eigenvalue weighted by Crippen LogP contribution is 2.31. The van der Waals surface area contributed by atoms with E-state index in [0.717, 1.165) is 24.4 Å².